The summed E-state index contributed by atoms with van der Waals surface area (Å²) in [5.74, 6) is 0.213. The van der Waals surface area contributed by atoms with Crippen LogP contribution in [-0.4, -0.2) is 38.6 Å². The first-order chi connectivity index (χ1) is 16.5. The van der Waals surface area contributed by atoms with Crippen molar-refractivity contribution >= 4 is 34.6 Å². The zero-order valence-corrected chi connectivity index (χ0v) is 19.8. The van der Waals surface area contributed by atoms with Crippen LogP contribution in [0.3, 0.4) is 0 Å². The average Bonchev–Trinajstić information content (AvgIpc) is 3.43. The van der Waals surface area contributed by atoms with Gasteiger partial charge in [0, 0.05) is 13.1 Å². The lowest BCUT2D eigenvalue weighted by Gasteiger charge is -2.32. The van der Waals surface area contributed by atoms with Gasteiger partial charge in [-0.15, -0.1) is 0 Å². The second kappa shape index (κ2) is 9.58. The number of halogens is 2. The van der Waals surface area contributed by atoms with E-state index in [0.717, 1.165) is 25.7 Å². The van der Waals surface area contributed by atoms with Gasteiger partial charge >= 0.3 is 6.03 Å². The second-order valence-corrected chi connectivity index (χ2v) is 9.37. The smallest absolute Gasteiger partial charge is 0.323 e. The van der Waals surface area contributed by atoms with Gasteiger partial charge in [0.05, 0.1) is 24.3 Å². The molecule has 1 fully saturated rings. The number of pyridine rings is 1. The Hall–Kier alpha value is -3.19. The molecule has 2 aromatic heterocycles. The van der Waals surface area contributed by atoms with Crippen LogP contribution in [0.25, 0.3) is 11.1 Å². The van der Waals surface area contributed by atoms with Crippen molar-refractivity contribution in [3.05, 3.63) is 77.2 Å². The Bertz CT molecular complexity index is 1220. The lowest BCUT2D eigenvalue weighted by molar-refractivity contribution is 0.178. The lowest BCUT2D eigenvalue weighted by atomic mass is 9.87. The molecule has 0 radical (unpaired) electrons. The number of fused-ring (bicyclic) bond motifs is 1. The topological polar surface area (TPSA) is 63.1 Å². The van der Waals surface area contributed by atoms with E-state index in [1.807, 2.05) is 12.5 Å². The number of likely N-dealkylation sites (tertiary alicyclic amines) is 1. The van der Waals surface area contributed by atoms with Gasteiger partial charge in [0.15, 0.2) is 11.0 Å². The third-order valence-corrected chi connectivity index (χ3v) is 7.26. The predicted octanol–water partition coefficient (Wildman–Crippen LogP) is 6.28. The fourth-order valence-electron chi connectivity index (χ4n) is 5.17. The van der Waals surface area contributed by atoms with Crippen LogP contribution in [-0.2, 0) is 0 Å². The number of urea groups is 1. The SMILES string of the molecule is CC1=C(c2ccccc2)C(CCC2CCN(C(=O)Nc3ccc(F)c(Cl)n3)CC2)n2cncc21. The Kier molecular flexibility index (Phi) is 6.37. The molecule has 34 heavy (non-hydrogen) atoms. The molecule has 4 heterocycles. The minimum Gasteiger partial charge on any atom is -0.324 e. The van der Waals surface area contributed by atoms with E-state index in [4.69, 9.17) is 11.6 Å². The zero-order valence-electron chi connectivity index (χ0n) is 19.0. The highest BCUT2D eigenvalue weighted by Crippen LogP contribution is 2.45. The van der Waals surface area contributed by atoms with Gasteiger partial charge in [0.1, 0.15) is 5.82 Å². The van der Waals surface area contributed by atoms with E-state index in [0.29, 0.717) is 19.0 Å². The van der Waals surface area contributed by atoms with Crippen LogP contribution < -0.4 is 5.32 Å². The van der Waals surface area contributed by atoms with E-state index in [1.165, 1.54) is 34.5 Å². The molecule has 0 spiro atoms. The number of carbonyl (C=O) groups is 1. The van der Waals surface area contributed by atoms with Crippen molar-refractivity contribution in [3.63, 3.8) is 0 Å². The number of nitrogens with zero attached hydrogens (tertiary/aromatic N) is 4. The van der Waals surface area contributed by atoms with E-state index in [-0.39, 0.29) is 23.0 Å². The molecule has 0 bridgehead atoms. The number of imidazole rings is 1. The summed E-state index contributed by atoms with van der Waals surface area (Å²) in [5.41, 5.74) is 5.16. The van der Waals surface area contributed by atoms with Crippen molar-refractivity contribution in [2.45, 2.75) is 38.6 Å². The first-order valence-corrected chi connectivity index (χ1v) is 12.1. The maximum Gasteiger partial charge on any atom is 0.323 e. The quantitative estimate of drug-likeness (QED) is 0.438. The lowest BCUT2D eigenvalue weighted by Crippen LogP contribution is -2.41. The first kappa shape index (κ1) is 22.6. The third kappa shape index (κ3) is 4.44. The maximum absolute atomic E-state index is 13.3. The van der Waals surface area contributed by atoms with Crippen molar-refractivity contribution in [2.75, 3.05) is 18.4 Å². The fourth-order valence-corrected chi connectivity index (χ4v) is 5.33. The van der Waals surface area contributed by atoms with Crippen molar-refractivity contribution in [2.24, 2.45) is 5.92 Å². The molecule has 0 aliphatic carbocycles. The Morgan fingerprint density at radius 2 is 1.91 bits per heavy atom. The van der Waals surface area contributed by atoms with Crippen LogP contribution in [0, 0.1) is 11.7 Å². The van der Waals surface area contributed by atoms with E-state index < -0.39 is 5.82 Å². The average molecular weight is 480 g/mol. The number of hydrogen-bond acceptors (Lipinski definition) is 3. The highest BCUT2D eigenvalue weighted by molar-refractivity contribution is 6.29. The summed E-state index contributed by atoms with van der Waals surface area (Å²) in [5, 5.41) is 2.47. The number of amides is 2. The largest absolute Gasteiger partial charge is 0.324 e. The van der Waals surface area contributed by atoms with Crippen molar-refractivity contribution in [1.29, 1.82) is 0 Å². The monoisotopic (exact) mass is 479 g/mol. The molecule has 1 saturated heterocycles. The summed E-state index contributed by atoms with van der Waals surface area (Å²) >= 11 is 5.71. The Balaban J connectivity index is 1.18. The molecule has 2 aliphatic rings. The molecule has 176 valence electrons. The van der Waals surface area contributed by atoms with Gasteiger partial charge in [-0.1, -0.05) is 41.9 Å². The molecule has 1 atom stereocenters. The molecular weight excluding hydrogens is 453 g/mol. The summed E-state index contributed by atoms with van der Waals surface area (Å²) in [6.07, 6.45) is 7.95. The van der Waals surface area contributed by atoms with E-state index in [9.17, 15) is 9.18 Å². The number of nitrogens with one attached hydrogen (secondary N) is 1. The molecule has 2 amide bonds. The number of benzene rings is 1. The van der Waals surface area contributed by atoms with Gasteiger partial charge < -0.3 is 9.47 Å². The van der Waals surface area contributed by atoms with Gasteiger partial charge in [0.2, 0.25) is 0 Å². The van der Waals surface area contributed by atoms with Crippen molar-refractivity contribution in [3.8, 4) is 0 Å². The number of rotatable bonds is 5. The van der Waals surface area contributed by atoms with E-state index >= 15 is 0 Å². The standard InChI is InChI=1S/C26H27ClFN5O/c1-17-22-15-29-16-33(22)21(24(17)19-5-3-2-4-6-19)9-7-18-11-13-32(14-12-18)26(34)31-23-10-8-20(28)25(27)30-23/h2-6,8,10,15-16,18,21H,7,9,11-14H2,1H3,(H,30,31,34). The molecule has 1 unspecified atom stereocenters. The number of aromatic nitrogens is 3. The zero-order chi connectivity index (χ0) is 23.7. The summed E-state index contributed by atoms with van der Waals surface area (Å²) in [6, 6.07) is 13.3. The van der Waals surface area contributed by atoms with E-state index in [2.05, 4.69) is 57.1 Å². The van der Waals surface area contributed by atoms with Crippen LogP contribution in [0.1, 0.15) is 49.9 Å². The number of anilines is 1. The van der Waals surface area contributed by atoms with Crippen LogP contribution in [0.2, 0.25) is 5.15 Å². The molecule has 8 heteroatoms. The number of hydrogen-bond donors (Lipinski definition) is 1. The number of piperidine rings is 1. The minimum atomic E-state index is -0.606. The van der Waals surface area contributed by atoms with Gasteiger partial charge in [0.25, 0.3) is 0 Å². The summed E-state index contributed by atoms with van der Waals surface area (Å²) < 4.78 is 15.6. The second-order valence-electron chi connectivity index (χ2n) is 9.01. The van der Waals surface area contributed by atoms with Gasteiger partial charge in [-0.3, -0.25) is 5.32 Å². The number of carbonyl (C=O) groups excluding carboxylic acids is 1. The molecular formula is C26H27ClFN5O. The van der Waals surface area contributed by atoms with Gasteiger partial charge in [-0.25, -0.2) is 19.2 Å². The first-order valence-electron chi connectivity index (χ1n) is 11.7. The van der Waals surface area contributed by atoms with E-state index in [1.54, 1.807) is 4.90 Å². The Morgan fingerprint density at radius 1 is 1.15 bits per heavy atom. The molecule has 3 aromatic rings. The minimum absolute atomic E-state index is 0.225. The molecule has 0 saturated carbocycles. The number of allylic oxidation sites excluding steroid dienone is 2. The van der Waals surface area contributed by atoms with Crippen LogP contribution in [0.15, 0.2) is 55.0 Å². The summed E-state index contributed by atoms with van der Waals surface area (Å²) in [6.45, 7) is 3.57. The molecule has 2 aliphatic heterocycles. The van der Waals surface area contributed by atoms with Gasteiger partial charge in [-0.05, 0) is 67.4 Å². The highest BCUT2D eigenvalue weighted by Gasteiger charge is 2.31. The van der Waals surface area contributed by atoms with Crippen molar-refractivity contribution < 1.29 is 9.18 Å². The molecule has 1 aromatic carbocycles. The van der Waals surface area contributed by atoms with Crippen LogP contribution in [0.5, 0.6) is 0 Å². The summed E-state index contributed by atoms with van der Waals surface area (Å²) in [4.78, 5) is 22.6. The normalized spacial score (nSPS) is 18.3. The molecule has 6 nitrogen and oxygen atoms in total. The fraction of sp³-hybridized carbons (Fsp3) is 0.346. The predicted molar refractivity (Wildman–Crippen MR) is 132 cm³/mol. The van der Waals surface area contributed by atoms with Crippen LogP contribution >= 0.6 is 11.6 Å². The van der Waals surface area contributed by atoms with Crippen molar-refractivity contribution in [1.82, 2.24) is 19.4 Å². The van der Waals surface area contributed by atoms with Gasteiger partial charge in [-0.2, -0.15) is 0 Å². The summed E-state index contributed by atoms with van der Waals surface area (Å²) in [7, 11) is 0. The third-order valence-electron chi connectivity index (χ3n) is 7.00. The Morgan fingerprint density at radius 3 is 2.65 bits per heavy atom. The maximum atomic E-state index is 13.3. The highest BCUT2D eigenvalue weighted by atomic mass is 35.5. The van der Waals surface area contributed by atoms with Crippen LogP contribution in [0.4, 0.5) is 15.0 Å². The molecule has 1 N–H and O–H groups in total. The Labute approximate surface area is 203 Å². The molecule has 5 rings (SSSR count).